The van der Waals surface area contributed by atoms with Crippen molar-refractivity contribution in [3.05, 3.63) is 52.6 Å². The second-order valence-corrected chi connectivity index (χ2v) is 6.32. The van der Waals surface area contributed by atoms with Gasteiger partial charge in [-0.05, 0) is 23.6 Å². The van der Waals surface area contributed by atoms with Crippen LogP contribution < -0.4 is 10.5 Å². The molecule has 0 spiro atoms. The number of alkyl halides is 3. The van der Waals surface area contributed by atoms with E-state index in [9.17, 15) is 23.2 Å². The number of hydrogen-bond acceptors (Lipinski definition) is 5. The molecule has 1 heterocycles. The zero-order valence-electron chi connectivity index (χ0n) is 13.8. The number of Topliss-reactive ketones (excluding diaryl/α,β-unsaturated/α-hetero) is 1. The third-order valence-corrected chi connectivity index (χ3v) is 4.31. The van der Waals surface area contributed by atoms with Crippen molar-refractivity contribution in [1.82, 2.24) is 0 Å². The number of nitriles is 1. The first-order chi connectivity index (χ1) is 12.2. The average Bonchev–Trinajstić information content (AvgIpc) is 2.52. The Morgan fingerprint density at radius 2 is 1.92 bits per heavy atom. The van der Waals surface area contributed by atoms with Crippen LogP contribution in [0.1, 0.15) is 31.2 Å². The number of benzene rings is 1. The summed E-state index contributed by atoms with van der Waals surface area (Å²) in [5.74, 6) is -0.884. The zero-order chi connectivity index (χ0) is 19.1. The molecule has 5 nitrogen and oxygen atoms in total. The van der Waals surface area contributed by atoms with Crippen molar-refractivity contribution in [2.45, 2.75) is 32.0 Å². The largest absolute Gasteiger partial charge is 0.573 e. The minimum absolute atomic E-state index is 0.0659. The molecule has 3 rings (SSSR count). The second kappa shape index (κ2) is 6.41. The minimum atomic E-state index is -4.80. The van der Waals surface area contributed by atoms with Crippen LogP contribution in [0.2, 0.25) is 0 Å². The van der Waals surface area contributed by atoms with Crippen LogP contribution in [-0.2, 0) is 9.53 Å². The summed E-state index contributed by atoms with van der Waals surface area (Å²) in [6.07, 6.45) is -3.98. The number of ketones is 1. The van der Waals surface area contributed by atoms with Crippen LogP contribution in [0.4, 0.5) is 13.2 Å². The van der Waals surface area contributed by atoms with Crippen LogP contribution in [0.3, 0.4) is 0 Å². The van der Waals surface area contributed by atoms with Crippen molar-refractivity contribution in [2.75, 3.05) is 0 Å². The molecule has 2 atom stereocenters. The molecule has 136 valence electrons. The van der Waals surface area contributed by atoms with Crippen molar-refractivity contribution >= 4 is 5.78 Å². The van der Waals surface area contributed by atoms with Crippen molar-refractivity contribution in [1.29, 1.82) is 5.26 Å². The highest BCUT2D eigenvalue weighted by Gasteiger charge is 2.39. The van der Waals surface area contributed by atoms with Crippen LogP contribution >= 0.6 is 0 Å². The fourth-order valence-corrected chi connectivity index (χ4v) is 3.29. The Bertz CT molecular complexity index is 848. The fourth-order valence-electron chi connectivity index (χ4n) is 3.29. The molecule has 0 saturated heterocycles. The van der Waals surface area contributed by atoms with Gasteiger partial charge in [-0.15, -0.1) is 13.2 Å². The summed E-state index contributed by atoms with van der Waals surface area (Å²) in [5.41, 5.74) is 6.73. The Hall–Kier alpha value is -2.95. The molecule has 1 aliphatic heterocycles. The van der Waals surface area contributed by atoms with Crippen LogP contribution in [0, 0.1) is 17.2 Å². The third kappa shape index (κ3) is 3.38. The number of halogens is 3. The van der Waals surface area contributed by atoms with E-state index in [1.165, 1.54) is 12.1 Å². The first-order valence-electron chi connectivity index (χ1n) is 7.89. The summed E-state index contributed by atoms with van der Waals surface area (Å²) in [6, 6.07) is 7.00. The first kappa shape index (κ1) is 17.9. The Labute approximate surface area is 147 Å². The Balaban J connectivity index is 2.03. The molecule has 0 bridgehead atoms. The molecule has 8 heteroatoms. The smallest absolute Gasteiger partial charge is 0.444 e. The molecule has 1 aromatic rings. The summed E-state index contributed by atoms with van der Waals surface area (Å²) in [7, 11) is 0. The number of nitrogens with zero attached hydrogens (tertiary/aromatic N) is 1. The molecular formula is C18H15F3N2O3. The van der Waals surface area contributed by atoms with E-state index >= 15 is 0 Å². The number of rotatable bonds is 2. The van der Waals surface area contributed by atoms with Gasteiger partial charge in [0.05, 0.1) is 5.92 Å². The van der Waals surface area contributed by atoms with E-state index in [2.05, 4.69) is 4.74 Å². The number of nitrogens with two attached hydrogens (primary N) is 1. The fraction of sp³-hybridized carbons (Fsp3) is 0.333. The van der Waals surface area contributed by atoms with Gasteiger partial charge in [0.1, 0.15) is 23.2 Å². The molecule has 0 fully saturated rings. The van der Waals surface area contributed by atoms with Crippen LogP contribution in [0.25, 0.3) is 0 Å². The lowest BCUT2D eigenvalue weighted by molar-refractivity contribution is -0.274. The summed E-state index contributed by atoms with van der Waals surface area (Å²) < 4.78 is 46.3. The molecule has 0 aromatic heterocycles. The molecule has 1 aliphatic carbocycles. The van der Waals surface area contributed by atoms with Gasteiger partial charge >= 0.3 is 6.36 Å². The van der Waals surface area contributed by atoms with E-state index in [1.807, 2.05) is 13.0 Å². The summed E-state index contributed by atoms with van der Waals surface area (Å²) in [6.45, 7) is 1.91. The van der Waals surface area contributed by atoms with E-state index in [-0.39, 0.29) is 28.9 Å². The summed E-state index contributed by atoms with van der Waals surface area (Å²) in [5, 5.41) is 9.45. The number of hydrogen-bond donors (Lipinski definition) is 1. The first-order valence-corrected chi connectivity index (χ1v) is 7.89. The minimum Gasteiger partial charge on any atom is -0.444 e. The maximum atomic E-state index is 12.6. The Morgan fingerprint density at radius 3 is 2.50 bits per heavy atom. The molecule has 26 heavy (non-hydrogen) atoms. The van der Waals surface area contributed by atoms with Gasteiger partial charge in [0.15, 0.2) is 5.78 Å². The molecule has 0 saturated carbocycles. The number of carbonyl (C=O) groups is 1. The van der Waals surface area contributed by atoms with Gasteiger partial charge < -0.3 is 15.2 Å². The molecule has 2 N–H and O–H groups in total. The molecule has 0 radical (unpaired) electrons. The molecule has 1 aromatic carbocycles. The van der Waals surface area contributed by atoms with Crippen molar-refractivity contribution in [3.8, 4) is 11.8 Å². The van der Waals surface area contributed by atoms with Gasteiger partial charge in [-0.3, -0.25) is 4.79 Å². The van der Waals surface area contributed by atoms with Crippen molar-refractivity contribution < 1.29 is 27.4 Å². The van der Waals surface area contributed by atoms with Gasteiger partial charge in [0, 0.05) is 18.4 Å². The van der Waals surface area contributed by atoms with E-state index in [1.54, 1.807) is 0 Å². The number of carbonyl (C=O) groups excluding carboxylic acids is 1. The molecular weight excluding hydrogens is 349 g/mol. The van der Waals surface area contributed by atoms with E-state index < -0.39 is 12.3 Å². The lowest BCUT2D eigenvalue weighted by atomic mass is 9.75. The highest BCUT2D eigenvalue weighted by molar-refractivity contribution is 5.99. The van der Waals surface area contributed by atoms with Crippen LogP contribution in [0.15, 0.2) is 47.1 Å². The van der Waals surface area contributed by atoms with Crippen LogP contribution in [0.5, 0.6) is 5.75 Å². The van der Waals surface area contributed by atoms with E-state index in [4.69, 9.17) is 10.5 Å². The van der Waals surface area contributed by atoms with Crippen molar-refractivity contribution in [2.24, 2.45) is 11.7 Å². The van der Waals surface area contributed by atoms with Crippen LogP contribution in [-0.4, -0.2) is 12.1 Å². The van der Waals surface area contributed by atoms with Gasteiger partial charge in [-0.2, -0.15) is 5.26 Å². The maximum Gasteiger partial charge on any atom is 0.573 e. The molecule has 2 aliphatic rings. The lowest BCUT2D eigenvalue weighted by Gasteiger charge is -2.33. The highest BCUT2D eigenvalue weighted by atomic mass is 19.4. The van der Waals surface area contributed by atoms with Gasteiger partial charge in [-0.25, -0.2) is 0 Å². The van der Waals surface area contributed by atoms with Crippen molar-refractivity contribution in [3.63, 3.8) is 0 Å². The lowest BCUT2D eigenvalue weighted by Crippen LogP contribution is -2.29. The SMILES string of the molecule is CC1CC(=O)C2=C(C1)OC(N)=C(C#N)C2c1ccc(OC(F)(F)F)cc1. The summed E-state index contributed by atoms with van der Waals surface area (Å²) in [4.78, 5) is 12.6. The van der Waals surface area contributed by atoms with E-state index in [0.29, 0.717) is 29.7 Å². The topological polar surface area (TPSA) is 85.3 Å². The quantitative estimate of drug-likeness (QED) is 0.866. The Morgan fingerprint density at radius 1 is 1.27 bits per heavy atom. The average molecular weight is 364 g/mol. The predicted molar refractivity (Wildman–Crippen MR) is 84.2 cm³/mol. The number of allylic oxidation sites excluding steroid dienone is 3. The van der Waals surface area contributed by atoms with E-state index in [0.717, 1.165) is 12.1 Å². The number of ether oxygens (including phenoxy) is 2. The van der Waals surface area contributed by atoms with Gasteiger partial charge in [0.25, 0.3) is 0 Å². The molecule has 2 unspecified atom stereocenters. The Kier molecular flexibility index (Phi) is 4.40. The third-order valence-electron chi connectivity index (χ3n) is 4.31. The predicted octanol–water partition coefficient (Wildman–Crippen LogP) is 3.65. The molecule has 0 amide bonds. The standard InChI is InChI=1S/C18H15F3N2O3/c1-9-6-13(24)16-14(7-9)25-17(23)12(8-22)15(16)10-2-4-11(5-3-10)26-18(19,20)21/h2-5,9,15H,6-7,23H2,1H3. The maximum absolute atomic E-state index is 12.6. The van der Waals surface area contributed by atoms with Gasteiger partial charge in [0.2, 0.25) is 5.88 Å². The zero-order valence-corrected chi connectivity index (χ0v) is 13.8. The van der Waals surface area contributed by atoms with Gasteiger partial charge in [-0.1, -0.05) is 19.1 Å². The second-order valence-electron chi connectivity index (χ2n) is 6.32. The highest BCUT2D eigenvalue weighted by Crippen LogP contribution is 2.44. The summed E-state index contributed by atoms with van der Waals surface area (Å²) >= 11 is 0. The normalized spacial score (nSPS) is 23.3. The monoisotopic (exact) mass is 364 g/mol.